The molecular formula is C21H33IN4O2. The lowest BCUT2D eigenvalue weighted by molar-refractivity contribution is 0.307. The van der Waals surface area contributed by atoms with Gasteiger partial charge in [-0.3, -0.25) is 4.99 Å². The summed E-state index contributed by atoms with van der Waals surface area (Å²) in [4.78, 5) is 4.28. The zero-order valence-corrected chi connectivity index (χ0v) is 19.7. The normalized spacial score (nSPS) is 11.1. The average Bonchev–Trinajstić information content (AvgIpc) is 3.10. The van der Waals surface area contributed by atoms with Crippen molar-refractivity contribution in [2.45, 2.75) is 53.0 Å². The third-order valence-electron chi connectivity index (χ3n) is 4.42. The van der Waals surface area contributed by atoms with Crippen LogP contribution in [0.25, 0.3) is 0 Å². The van der Waals surface area contributed by atoms with Gasteiger partial charge in [-0.05, 0) is 38.3 Å². The first-order chi connectivity index (χ1) is 13.2. The van der Waals surface area contributed by atoms with Crippen molar-refractivity contribution in [1.29, 1.82) is 0 Å². The molecule has 0 fully saturated rings. The number of guanidine groups is 1. The number of aryl methyl sites for hydroxylation is 3. The molecule has 1 heterocycles. The molecule has 0 bridgehead atoms. The maximum absolute atomic E-state index is 5.75. The van der Waals surface area contributed by atoms with E-state index in [1.807, 2.05) is 12.1 Å². The summed E-state index contributed by atoms with van der Waals surface area (Å²) < 4.78 is 11.2. The molecule has 6 nitrogen and oxygen atoms in total. The van der Waals surface area contributed by atoms with E-state index >= 15 is 0 Å². The zero-order chi connectivity index (χ0) is 19.5. The number of hydrogen-bond donors (Lipinski definition) is 2. The minimum absolute atomic E-state index is 0. The SMILES string of the molecule is CCc1noc(CC)c1CNC(=NC)NCCCCOc1ccc(C)cc1.I. The van der Waals surface area contributed by atoms with Gasteiger partial charge in [0, 0.05) is 32.1 Å². The summed E-state index contributed by atoms with van der Waals surface area (Å²) in [6, 6.07) is 8.16. The van der Waals surface area contributed by atoms with Gasteiger partial charge in [0.2, 0.25) is 0 Å². The molecule has 7 heteroatoms. The molecule has 156 valence electrons. The second-order valence-electron chi connectivity index (χ2n) is 6.46. The number of halogens is 1. The van der Waals surface area contributed by atoms with E-state index in [9.17, 15) is 0 Å². The highest BCUT2D eigenvalue weighted by Gasteiger charge is 2.13. The van der Waals surface area contributed by atoms with Crippen molar-refractivity contribution in [3.8, 4) is 5.75 Å². The molecule has 0 aliphatic heterocycles. The van der Waals surface area contributed by atoms with E-state index in [0.717, 1.165) is 67.6 Å². The molecule has 0 saturated heterocycles. The number of aliphatic imine (C=N–C) groups is 1. The van der Waals surface area contributed by atoms with Gasteiger partial charge < -0.3 is 19.9 Å². The van der Waals surface area contributed by atoms with E-state index in [-0.39, 0.29) is 24.0 Å². The number of benzene rings is 1. The van der Waals surface area contributed by atoms with Crippen molar-refractivity contribution in [2.24, 2.45) is 4.99 Å². The maximum atomic E-state index is 5.75. The first-order valence-corrected chi connectivity index (χ1v) is 9.78. The molecule has 1 aromatic heterocycles. The monoisotopic (exact) mass is 500 g/mol. The van der Waals surface area contributed by atoms with Crippen LogP contribution in [-0.2, 0) is 19.4 Å². The Hall–Kier alpha value is -1.77. The van der Waals surface area contributed by atoms with Gasteiger partial charge in [-0.1, -0.05) is 36.7 Å². The molecule has 0 radical (unpaired) electrons. The Balaban J connectivity index is 0.00000392. The summed E-state index contributed by atoms with van der Waals surface area (Å²) in [5, 5.41) is 10.8. The van der Waals surface area contributed by atoms with Gasteiger partial charge >= 0.3 is 0 Å². The van der Waals surface area contributed by atoms with Gasteiger partial charge in [0.05, 0.1) is 12.3 Å². The van der Waals surface area contributed by atoms with Gasteiger partial charge in [0.25, 0.3) is 0 Å². The summed E-state index contributed by atoms with van der Waals surface area (Å²) in [5.74, 6) is 2.67. The predicted octanol–water partition coefficient (Wildman–Crippen LogP) is 4.25. The van der Waals surface area contributed by atoms with Gasteiger partial charge in [-0.2, -0.15) is 0 Å². The molecular weight excluding hydrogens is 467 g/mol. The van der Waals surface area contributed by atoms with E-state index in [4.69, 9.17) is 9.26 Å². The van der Waals surface area contributed by atoms with Crippen LogP contribution in [-0.4, -0.2) is 31.3 Å². The van der Waals surface area contributed by atoms with E-state index < -0.39 is 0 Å². The number of unbranched alkanes of at least 4 members (excludes halogenated alkanes) is 1. The highest BCUT2D eigenvalue weighted by molar-refractivity contribution is 14.0. The lowest BCUT2D eigenvalue weighted by atomic mass is 10.1. The Bertz CT molecular complexity index is 692. The summed E-state index contributed by atoms with van der Waals surface area (Å²) in [5.41, 5.74) is 3.41. The summed E-state index contributed by atoms with van der Waals surface area (Å²) in [7, 11) is 1.78. The molecule has 28 heavy (non-hydrogen) atoms. The average molecular weight is 500 g/mol. The van der Waals surface area contributed by atoms with Crippen LogP contribution in [0.5, 0.6) is 5.75 Å². The number of ether oxygens (including phenoxy) is 1. The highest BCUT2D eigenvalue weighted by Crippen LogP contribution is 2.15. The highest BCUT2D eigenvalue weighted by atomic mass is 127. The van der Waals surface area contributed by atoms with Crippen LogP contribution < -0.4 is 15.4 Å². The fraction of sp³-hybridized carbons (Fsp3) is 0.524. The lowest BCUT2D eigenvalue weighted by Crippen LogP contribution is -2.37. The van der Waals surface area contributed by atoms with Crippen LogP contribution in [0.2, 0.25) is 0 Å². The molecule has 2 aromatic rings. The number of hydrogen-bond acceptors (Lipinski definition) is 4. The summed E-state index contributed by atoms with van der Waals surface area (Å²) in [6.07, 6.45) is 3.72. The fourth-order valence-corrected chi connectivity index (χ4v) is 2.79. The molecule has 0 atom stereocenters. The van der Waals surface area contributed by atoms with Gasteiger partial charge in [-0.25, -0.2) is 0 Å². The number of nitrogens with one attached hydrogen (secondary N) is 2. The lowest BCUT2D eigenvalue weighted by Gasteiger charge is -2.12. The van der Waals surface area contributed by atoms with Gasteiger partial charge in [-0.15, -0.1) is 24.0 Å². The van der Waals surface area contributed by atoms with Gasteiger partial charge in [0.1, 0.15) is 11.5 Å². The predicted molar refractivity (Wildman–Crippen MR) is 125 cm³/mol. The first kappa shape index (κ1) is 24.3. The Morgan fingerprint density at radius 2 is 1.86 bits per heavy atom. The maximum Gasteiger partial charge on any atom is 0.191 e. The number of nitrogens with zero attached hydrogens (tertiary/aromatic N) is 2. The van der Waals surface area contributed by atoms with E-state index in [2.05, 4.69) is 53.7 Å². The smallest absolute Gasteiger partial charge is 0.191 e. The second-order valence-corrected chi connectivity index (χ2v) is 6.46. The first-order valence-electron chi connectivity index (χ1n) is 9.78. The molecule has 0 aliphatic rings. The van der Waals surface area contributed by atoms with Crippen LogP contribution >= 0.6 is 24.0 Å². The van der Waals surface area contributed by atoms with Crippen LogP contribution in [0.1, 0.15) is 49.3 Å². The van der Waals surface area contributed by atoms with Crippen LogP contribution in [0, 0.1) is 6.92 Å². The third-order valence-corrected chi connectivity index (χ3v) is 4.42. The molecule has 0 saturated carbocycles. The van der Waals surface area contributed by atoms with E-state index in [1.54, 1.807) is 7.05 Å². The van der Waals surface area contributed by atoms with E-state index in [1.165, 1.54) is 5.56 Å². The molecule has 1 aromatic carbocycles. The van der Waals surface area contributed by atoms with Crippen molar-refractivity contribution in [3.63, 3.8) is 0 Å². The summed E-state index contributed by atoms with van der Waals surface area (Å²) >= 11 is 0. The third kappa shape index (κ3) is 7.69. The Labute approximate surface area is 185 Å². The summed E-state index contributed by atoms with van der Waals surface area (Å²) in [6.45, 7) is 8.48. The fourth-order valence-electron chi connectivity index (χ4n) is 2.79. The minimum atomic E-state index is 0. The van der Waals surface area contributed by atoms with Crippen molar-refractivity contribution >= 4 is 29.9 Å². The van der Waals surface area contributed by atoms with Crippen molar-refractivity contribution in [2.75, 3.05) is 20.2 Å². The van der Waals surface area contributed by atoms with Crippen molar-refractivity contribution in [1.82, 2.24) is 15.8 Å². The topological polar surface area (TPSA) is 71.7 Å². The second kappa shape index (κ2) is 13.4. The molecule has 2 rings (SSSR count). The number of aromatic nitrogens is 1. The van der Waals surface area contributed by atoms with Gasteiger partial charge in [0.15, 0.2) is 5.96 Å². The van der Waals surface area contributed by atoms with Crippen LogP contribution in [0.15, 0.2) is 33.8 Å². The number of rotatable bonds is 10. The quantitative estimate of drug-likeness (QED) is 0.221. The van der Waals surface area contributed by atoms with Crippen molar-refractivity contribution in [3.05, 3.63) is 46.8 Å². The molecule has 0 unspecified atom stereocenters. The Morgan fingerprint density at radius 1 is 1.11 bits per heavy atom. The largest absolute Gasteiger partial charge is 0.494 e. The van der Waals surface area contributed by atoms with Crippen LogP contribution in [0.3, 0.4) is 0 Å². The molecule has 2 N–H and O–H groups in total. The zero-order valence-electron chi connectivity index (χ0n) is 17.4. The molecule has 0 spiro atoms. The molecule has 0 aliphatic carbocycles. The Kier molecular flexibility index (Phi) is 11.6. The van der Waals surface area contributed by atoms with E-state index in [0.29, 0.717) is 6.54 Å². The molecule has 0 amide bonds. The van der Waals surface area contributed by atoms with Crippen LogP contribution in [0.4, 0.5) is 0 Å². The Morgan fingerprint density at radius 3 is 2.50 bits per heavy atom. The minimum Gasteiger partial charge on any atom is -0.494 e. The van der Waals surface area contributed by atoms with Crippen molar-refractivity contribution < 1.29 is 9.26 Å². The standard InChI is InChI=1S/C21H32N4O2.HI/c1-5-19-18(20(6-2)27-25-19)15-24-21(22-4)23-13-7-8-14-26-17-11-9-16(3)10-12-17;/h9-12H,5-8,13-15H2,1-4H3,(H2,22,23,24);1H.